The predicted molar refractivity (Wildman–Crippen MR) is 87.6 cm³/mol. The van der Waals surface area contributed by atoms with Crippen molar-refractivity contribution >= 4 is 11.9 Å². The van der Waals surface area contributed by atoms with Gasteiger partial charge in [0.2, 0.25) is 5.91 Å². The number of carboxylic acid groups (broad SMARTS) is 1. The zero-order valence-corrected chi connectivity index (χ0v) is 14.0. The van der Waals surface area contributed by atoms with E-state index in [0.717, 1.165) is 31.2 Å². The van der Waals surface area contributed by atoms with Gasteiger partial charge in [0.05, 0.1) is 6.04 Å². The number of carbonyl (C=O) groups excluding carboxylic acids is 2. The van der Waals surface area contributed by atoms with Gasteiger partial charge in [0.1, 0.15) is 0 Å². The van der Waals surface area contributed by atoms with Crippen LogP contribution in [0.5, 0.6) is 0 Å². The average Bonchev–Trinajstić information content (AvgIpc) is 2.54. The van der Waals surface area contributed by atoms with E-state index in [9.17, 15) is 14.7 Å². The van der Waals surface area contributed by atoms with Gasteiger partial charge in [-0.05, 0) is 29.9 Å². The molecule has 126 valence electrons. The van der Waals surface area contributed by atoms with Crippen molar-refractivity contribution in [3.63, 3.8) is 0 Å². The summed E-state index contributed by atoms with van der Waals surface area (Å²) >= 11 is 0. The van der Waals surface area contributed by atoms with E-state index >= 15 is 0 Å². The maximum Gasteiger partial charge on any atom is 0.223 e. The number of rotatable bonds is 6. The van der Waals surface area contributed by atoms with Crippen LogP contribution in [0.2, 0.25) is 0 Å². The lowest BCUT2D eigenvalue weighted by Crippen LogP contribution is -2.38. The Morgan fingerprint density at radius 3 is 2.17 bits per heavy atom. The third-order valence-corrected chi connectivity index (χ3v) is 4.67. The van der Waals surface area contributed by atoms with Crippen molar-refractivity contribution in [1.29, 1.82) is 0 Å². The fourth-order valence-corrected chi connectivity index (χ4v) is 3.19. The Balaban J connectivity index is 2.09. The minimum Gasteiger partial charge on any atom is -0.550 e. The summed E-state index contributed by atoms with van der Waals surface area (Å²) in [5, 5.41) is 14.0. The van der Waals surface area contributed by atoms with Gasteiger partial charge in [0.25, 0.3) is 0 Å². The van der Waals surface area contributed by atoms with Gasteiger partial charge >= 0.3 is 0 Å². The highest BCUT2D eigenvalue weighted by Crippen LogP contribution is 2.26. The van der Waals surface area contributed by atoms with Gasteiger partial charge < -0.3 is 15.2 Å². The van der Waals surface area contributed by atoms with E-state index in [1.807, 2.05) is 24.3 Å². The molecule has 23 heavy (non-hydrogen) atoms. The summed E-state index contributed by atoms with van der Waals surface area (Å²) in [4.78, 5) is 23.5. The van der Waals surface area contributed by atoms with Crippen LogP contribution in [0.15, 0.2) is 24.3 Å². The van der Waals surface area contributed by atoms with Gasteiger partial charge in [-0.3, -0.25) is 4.79 Å². The van der Waals surface area contributed by atoms with Crippen LogP contribution in [0.3, 0.4) is 0 Å². The average molecular weight is 316 g/mol. The maximum atomic E-state index is 12.4. The Morgan fingerprint density at radius 2 is 1.65 bits per heavy atom. The number of aliphatic carboxylic acids is 1. The van der Waals surface area contributed by atoms with Crippen molar-refractivity contribution < 1.29 is 14.7 Å². The summed E-state index contributed by atoms with van der Waals surface area (Å²) in [5.41, 5.74) is 2.02. The Labute approximate surface area is 138 Å². The molecule has 4 nitrogen and oxygen atoms in total. The number of nitrogens with one attached hydrogen (secondary N) is 1. The first kappa shape index (κ1) is 17.5. The molecule has 1 N–H and O–H groups in total. The molecule has 1 aromatic rings. The molecule has 1 saturated carbocycles. The third-order valence-electron chi connectivity index (χ3n) is 4.67. The SMILES string of the molecule is CC(C)c1ccc([C@@H](CC(=O)[O-])NC(=O)C2CCCCC2)cc1. The number of benzene rings is 1. The zero-order valence-electron chi connectivity index (χ0n) is 14.0. The first-order chi connectivity index (χ1) is 11.0. The number of hydrogen-bond donors (Lipinski definition) is 1. The van der Waals surface area contributed by atoms with E-state index in [1.165, 1.54) is 12.0 Å². The van der Waals surface area contributed by atoms with E-state index < -0.39 is 12.0 Å². The molecule has 1 aliphatic carbocycles. The second kappa shape index (κ2) is 8.14. The highest BCUT2D eigenvalue weighted by Gasteiger charge is 2.24. The fraction of sp³-hybridized carbons (Fsp3) is 0.579. The second-order valence-electron chi connectivity index (χ2n) is 6.79. The molecule has 1 atom stereocenters. The molecule has 0 aromatic heterocycles. The van der Waals surface area contributed by atoms with Crippen LogP contribution in [0.1, 0.15) is 75.5 Å². The molecule has 0 heterocycles. The fourth-order valence-electron chi connectivity index (χ4n) is 3.19. The first-order valence-corrected chi connectivity index (χ1v) is 8.57. The molecular formula is C19H26NO3-. The lowest BCUT2D eigenvalue weighted by Gasteiger charge is -2.26. The van der Waals surface area contributed by atoms with Crippen LogP contribution in [-0.4, -0.2) is 11.9 Å². The minimum atomic E-state index is -1.15. The lowest BCUT2D eigenvalue weighted by molar-refractivity contribution is -0.306. The number of carbonyl (C=O) groups is 2. The summed E-state index contributed by atoms with van der Waals surface area (Å²) in [6.07, 6.45) is 4.94. The summed E-state index contributed by atoms with van der Waals surface area (Å²) < 4.78 is 0. The van der Waals surface area contributed by atoms with Crippen molar-refractivity contribution in [2.24, 2.45) is 5.92 Å². The van der Waals surface area contributed by atoms with E-state index in [2.05, 4.69) is 19.2 Å². The molecule has 1 amide bonds. The minimum absolute atomic E-state index is 0.0166. The first-order valence-electron chi connectivity index (χ1n) is 8.57. The van der Waals surface area contributed by atoms with Gasteiger partial charge in [0, 0.05) is 18.3 Å². The summed E-state index contributed by atoms with van der Waals surface area (Å²) in [6.45, 7) is 4.22. The second-order valence-corrected chi connectivity index (χ2v) is 6.79. The molecule has 4 heteroatoms. The number of carboxylic acids is 1. The van der Waals surface area contributed by atoms with Crippen molar-refractivity contribution in [1.82, 2.24) is 5.32 Å². The number of amides is 1. The molecule has 0 aliphatic heterocycles. The molecule has 1 aliphatic rings. The van der Waals surface area contributed by atoms with Crippen molar-refractivity contribution in [2.75, 3.05) is 0 Å². The largest absolute Gasteiger partial charge is 0.550 e. The zero-order chi connectivity index (χ0) is 16.8. The third kappa shape index (κ3) is 5.08. The lowest BCUT2D eigenvalue weighted by atomic mass is 9.88. The molecule has 0 saturated heterocycles. The molecule has 1 fully saturated rings. The normalized spacial score (nSPS) is 17.0. The van der Waals surface area contributed by atoms with Crippen LogP contribution < -0.4 is 10.4 Å². The van der Waals surface area contributed by atoms with Gasteiger partial charge in [0.15, 0.2) is 0 Å². The highest BCUT2D eigenvalue weighted by atomic mass is 16.4. The van der Waals surface area contributed by atoms with Crippen molar-refractivity contribution in [2.45, 2.75) is 64.3 Å². The standard InChI is InChI=1S/C19H27NO3/c1-13(2)14-8-10-15(11-9-14)17(12-18(21)22)20-19(23)16-6-4-3-5-7-16/h8-11,13,16-17H,3-7,12H2,1-2H3,(H,20,23)(H,21,22)/p-1/t17-/m1/s1. The van der Waals surface area contributed by atoms with Crippen LogP contribution in [-0.2, 0) is 9.59 Å². The Kier molecular flexibility index (Phi) is 6.20. The highest BCUT2D eigenvalue weighted by molar-refractivity contribution is 5.80. The van der Waals surface area contributed by atoms with Crippen LogP contribution >= 0.6 is 0 Å². The summed E-state index contributed by atoms with van der Waals surface area (Å²) in [6, 6.07) is 7.29. The van der Waals surface area contributed by atoms with Gasteiger partial charge in [-0.25, -0.2) is 0 Å². The molecule has 0 spiro atoms. The van der Waals surface area contributed by atoms with E-state index in [4.69, 9.17) is 0 Å². The monoisotopic (exact) mass is 316 g/mol. The molecular weight excluding hydrogens is 290 g/mol. The molecule has 0 unspecified atom stereocenters. The Hall–Kier alpha value is -1.84. The topological polar surface area (TPSA) is 69.2 Å². The Bertz CT molecular complexity index is 530. The summed E-state index contributed by atoms with van der Waals surface area (Å²) in [7, 11) is 0. The maximum absolute atomic E-state index is 12.4. The number of hydrogen-bond acceptors (Lipinski definition) is 3. The summed E-state index contributed by atoms with van der Waals surface area (Å²) in [5.74, 6) is -0.737. The molecule has 2 rings (SSSR count). The predicted octanol–water partition coefficient (Wildman–Crippen LogP) is 2.69. The molecule has 0 radical (unpaired) electrons. The van der Waals surface area contributed by atoms with E-state index in [1.54, 1.807) is 0 Å². The Morgan fingerprint density at radius 1 is 1.09 bits per heavy atom. The van der Waals surface area contributed by atoms with Crippen molar-refractivity contribution in [3.05, 3.63) is 35.4 Å². The van der Waals surface area contributed by atoms with Crippen LogP contribution in [0.25, 0.3) is 0 Å². The van der Waals surface area contributed by atoms with Crippen molar-refractivity contribution in [3.8, 4) is 0 Å². The van der Waals surface area contributed by atoms with Crippen LogP contribution in [0.4, 0.5) is 0 Å². The molecule has 0 bridgehead atoms. The quantitative estimate of drug-likeness (QED) is 0.877. The van der Waals surface area contributed by atoms with E-state index in [-0.39, 0.29) is 18.2 Å². The van der Waals surface area contributed by atoms with E-state index in [0.29, 0.717) is 5.92 Å². The van der Waals surface area contributed by atoms with Gasteiger partial charge in [-0.1, -0.05) is 57.4 Å². The van der Waals surface area contributed by atoms with Crippen LogP contribution in [0, 0.1) is 5.92 Å². The smallest absolute Gasteiger partial charge is 0.223 e. The van der Waals surface area contributed by atoms with Gasteiger partial charge in [-0.15, -0.1) is 0 Å². The molecule has 1 aromatic carbocycles. The van der Waals surface area contributed by atoms with Gasteiger partial charge in [-0.2, -0.15) is 0 Å².